The number of nitrogens with one attached hydrogen (secondary N) is 1. The van der Waals surface area contributed by atoms with E-state index in [0.29, 0.717) is 35.5 Å². The molecule has 1 spiro atoms. The Kier molecular flexibility index (Phi) is 4.12. The molecule has 136 valence electrons. The van der Waals surface area contributed by atoms with Crippen LogP contribution in [0.1, 0.15) is 44.0 Å². The van der Waals surface area contributed by atoms with Gasteiger partial charge in [-0.25, -0.2) is 0 Å². The number of nitrogens with zero attached hydrogens (tertiary/aromatic N) is 2. The number of hydrogen-bond donors (Lipinski definition) is 1. The van der Waals surface area contributed by atoms with Crippen LogP contribution in [0, 0.1) is 17.3 Å². The molecule has 1 aromatic heterocycles. The van der Waals surface area contributed by atoms with Gasteiger partial charge in [0.05, 0.1) is 11.7 Å². The summed E-state index contributed by atoms with van der Waals surface area (Å²) in [6.45, 7) is 10.9. The van der Waals surface area contributed by atoms with E-state index in [-0.39, 0.29) is 11.5 Å². The minimum atomic E-state index is -0.0104. The Morgan fingerprint density at radius 3 is 2.88 bits per heavy atom. The standard InChI is InChI=1S/C20H29N3O2/c1-19(2,3)12-23-11-16-15(17-4-7-20(16,13-23)25-17)10-22-18(24)14-5-8-21-9-6-14/h5-6,8-9,15-17H,4,7,10-13H2,1-3H3,(H,22,24)/t15-,16+,17+,20+/m0/s1. The quantitative estimate of drug-likeness (QED) is 0.912. The molecule has 25 heavy (non-hydrogen) atoms. The fraction of sp³-hybridized carbons (Fsp3) is 0.700. The highest BCUT2D eigenvalue weighted by molar-refractivity contribution is 5.93. The van der Waals surface area contributed by atoms with Crippen LogP contribution < -0.4 is 5.32 Å². The van der Waals surface area contributed by atoms with Crippen molar-refractivity contribution in [2.75, 3.05) is 26.2 Å². The van der Waals surface area contributed by atoms with Gasteiger partial charge < -0.3 is 10.1 Å². The van der Waals surface area contributed by atoms with E-state index in [1.54, 1.807) is 24.5 Å². The SMILES string of the molecule is CC(C)(C)CN1C[C@@H]2[C@H](CNC(=O)c3ccncc3)[C@H]3CC[C@]2(C1)O3. The van der Waals surface area contributed by atoms with E-state index in [2.05, 4.69) is 36.0 Å². The molecule has 0 aromatic carbocycles. The minimum Gasteiger partial charge on any atom is -0.370 e. The molecule has 1 aromatic rings. The van der Waals surface area contributed by atoms with Crippen molar-refractivity contribution < 1.29 is 9.53 Å². The first-order chi connectivity index (χ1) is 11.9. The summed E-state index contributed by atoms with van der Waals surface area (Å²) in [5.41, 5.74) is 1.02. The highest BCUT2D eigenvalue weighted by atomic mass is 16.5. The predicted molar refractivity (Wildman–Crippen MR) is 96.3 cm³/mol. The van der Waals surface area contributed by atoms with Gasteiger partial charge in [0.15, 0.2) is 0 Å². The summed E-state index contributed by atoms with van der Waals surface area (Å²) >= 11 is 0. The zero-order chi connectivity index (χ0) is 17.7. The summed E-state index contributed by atoms with van der Waals surface area (Å²) in [7, 11) is 0. The second-order valence-corrected chi connectivity index (χ2v) is 9.21. The third kappa shape index (κ3) is 3.20. The number of likely N-dealkylation sites (tertiary alicyclic amines) is 1. The van der Waals surface area contributed by atoms with E-state index >= 15 is 0 Å². The number of carbonyl (C=O) groups is 1. The maximum atomic E-state index is 12.4. The number of carbonyl (C=O) groups excluding carboxylic acids is 1. The van der Waals surface area contributed by atoms with Crippen molar-refractivity contribution in [3.05, 3.63) is 30.1 Å². The van der Waals surface area contributed by atoms with Gasteiger partial charge in [-0.3, -0.25) is 14.7 Å². The maximum absolute atomic E-state index is 12.4. The topological polar surface area (TPSA) is 54.5 Å². The number of pyridine rings is 1. The van der Waals surface area contributed by atoms with Crippen molar-refractivity contribution in [3.8, 4) is 0 Å². The highest BCUT2D eigenvalue weighted by Crippen LogP contribution is 2.54. The Labute approximate surface area is 150 Å². The van der Waals surface area contributed by atoms with E-state index in [1.807, 2.05) is 0 Å². The van der Waals surface area contributed by atoms with Gasteiger partial charge in [0.25, 0.3) is 5.91 Å². The van der Waals surface area contributed by atoms with Crippen LogP contribution in [0.5, 0.6) is 0 Å². The Hall–Kier alpha value is -1.46. The van der Waals surface area contributed by atoms with Gasteiger partial charge >= 0.3 is 0 Å². The normalized spacial score (nSPS) is 34.3. The van der Waals surface area contributed by atoms with Crippen molar-refractivity contribution in [2.24, 2.45) is 17.3 Å². The molecule has 1 N–H and O–H groups in total. The second-order valence-electron chi connectivity index (χ2n) is 9.21. The van der Waals surface area contributed by atoms with Crippen LogP contribution in [0.15, 0.2) is 24.5 Å². The lowest BCUT2D eigenvalue weighted by molar-refractivity contribution is 0.000433. The smallest absolute Gasteiger partial charge is 0.251 e. The van der Waals surface area contributed by atoms with Crippen LogP contribution in [0.2, 0.25) is 0 Å². The van der Waals surface area contributed by atoms with Crippen molar-refractivity contribution in [1.29, 1.82) is 0 Å². The molecule has 0 unspecified atom stereocenters. The van der Waals surface area contributed by atoms with Crippen molar-refractivity contribution in [3.63, 3.8) is 0 Å². The molecule has 4 atom stereocenters. The molecule has 3 aliphatic heterocycles. The van der Waals surface area contributed by atoms with Gasteiger partial charge in [-0.15, -0.1) is 0 Å². The van der Waals surface area contributed by atoms with Gasteiger partial charge in [-0.1, -0.05) is 20.8 Å². The molecule has 3 aliphatic rings. The van der Waals surface area contributed by atoms with Gasteiger partial charge in [-0.05, 0) is 30.4 Å². The molecular formula is C20H29N3O2. The predicted octanol–water partition coefficient (Wildman–Crippen LogP) is 2.34. The number of fused-ring (bicyclic) bond motifs is 1. The molecule has 5 nitrogen and oxygen atoms in total. The summed E-state index contributed by atoms with van der Waals surface area (Å²) in [6.07, 6.45) is 5.95. The molecule has 0 aliphatic carbocycles. The number of amides is 1. The first kappa shape index (κ1) is 17.0. The zero-order valence-corrected chi connectivity index (χ0v) is 15.5. The number of aromatic nitrogens is 1. The van der Waals surface area contributed by atoms with E-state index in [1.165, 1.54) is 6.42 Å². The van der Waals surface area contributed by atoms with Crippen LogP contribution in [0.4, 0.5) is 0 Å². The minimum absolute atomic E-state index is 0.0104. The average molecular weight is 343 g/mol. The lowest BCUT2D eigenvalue weighted by atomic mass is 9.73. The second kappa shape index (κ2) is 6.06. The van der Waals surface area contributed by atoms with Crippen LogP contribution in [0.25, 0.3) is 0 Å². The van der Waals surface area contributed by atoms with Crippen LogP contribution in [-0.4, -0.2) is 53.7 Å². The van der Waals surface area contributed by atoms with Crippen LogP contribution in [0.3, 0.4) is 0 Å². The largest absolute Gasteiger partial charge is 0.370 e. The molecule has 3 fully saturated rings. The van der Waals surface area contributed by atoms with Crippen molar-refractivity contribution in [2.45, 2.75) is 45.3 Å². The zero-order valence-electron chi connectivity index (χ0n) is 15.5. The first-order valence-electron chi connectivity index (χ1n) is 9.45. The van der Waals surface area contributed by atoms with Crippen molar-refractivity contribution in [1.82, 2.24) is 15.2 Å². The fourth-order valence-electron chi connectivity index (χ4n) is 5.17. The molecule has 1 amide bonds. The van der Waals surface area contributed by atoms with E-state index < -0.39 is 0 Å². The van der Waals surface area contributed by atoms with Gasteiger partial charge in [0.1, 0.15) is 0 Å². The van der Waals surface area contributed by atoms with Crippen LogP contribution in [-0.2, 0) is 4.74 Å². The van der Waals surface area contributed by atoms with Crippen LogP contribution >= 0.6 is 0 Å². The Morgan fingerprint density at radius 2 is 2.16 bits per heavy atom. The summed E-state index contributed by atoms with van der Waals surface area (Å²) in [5.74, 6) is 0.972. The molecular weight excluding hydrogens is 314 g/mol. The molecule has 2 bridgehead atoms. The number of ether oxygens (including phenoxy) is 1. The third-order valence-electron chi connectivity index (χ3n) is 5.99. The third-order valence-corrected chi connectivity index (χ3v) is 5.99. The highest BCUT2D eigenvalue weighted by Gasteiger charge is 2.62. The summed E-state index contributed by atoms with van der Waals surface area (Å²) in [6, 6.07) is 3.52. The number of hydrogen-bond acceptors (Lipinski definition) is 4. The number of rotatable bonds is 4. The van der Waals surface area contributed by atoms with E-state index in [9.17, 15) is 4.79 Å². The summed E-state index contributed by atoms with van der Waals surface area (Å²) in [5, 5.41) is 3.13. The fourth-order valence-corrected chi connectivity index (χ4v) is 5.17. The Morgan fingerprint density at radius 1 is 1.40 bits per heavy atom. The molecule has 4 heterocycles. The Bertz CT molecular complexity index is 642. The van der Waals surface area contributed by atoms with Gasteiger partial charge in [0.2, 0.25) is 0 Å². The van der Waals surface area contributed by atoms with Gasteiger partial charge in [0, 0.05) is 56.0 Å². The lowest BCUT2D eigenvalue weighted by Crippen LogP contribution is -2.41. The molecule has 4 rings (SSSR count). The molecule has 0 saturated carbocycles. The molecule has 0 radical (unpaired) electrons. The monoisotopic (exact) mass is 343 g/mol. The molecule has 5 heteroatoms. The maximum Gasteiger partial charge on any atom is 0.251 e. The summed E-state index contributed by atoms with van der Waals surface area (Å²) in [4.78, 5) is 18.9. The average Bonchev–Trinajstić information content (AvgIpc) is 3.19. The Balaban J connectivity index is 1.41. The summed E-state index contributed by atoms with van der Waals surface area (Å²) < 4.78 is 6.48. The lowest BCUT2D eigenvalue weighted by Gasteiger charge is -2.29. The van der Waals surface area contributed by atoms with Crippen molar-refractivity contribution >= 4 is 5.91 Å². The van der Waals surface area contributed by atoms with E-state index in [4.69, 9.17) is 4.74 Å². The molecule has 3 saturated heterocycles. The van der Waals surface area contributed by atoms with Gasteiger partial charge in [-0.2, -0.15) is 0 Å². The van der Waals surface area contributed by atoms with E-state index in [0.717, 1.165) is 26.1 Å². The first-order valence-corrected chi connectivity index (χ1v) is 9.45.